The van der Waals surface area contributed by atoms with Crippen LogP contribution in [0.4, 0.5) is 5.69 Å². The Balaban J connectivity index is 0.00000484. The predicted molar refractivity (Wildman–Crippen MR) is 97.7 cm³/mol. The minimum atomic E-state index is -0.291. The molecule has 1 aromatic rings. The third-order valence-corrected chi connectivity index (χ3v) is 3.75. The van der Waals surface area contributed by atoms with Gasteiger partial charge in [0.05, 0.1) is 10.6 Å². The zero-order chi connectivity index (χ0) is 16.8. The first-order valence-electron chi connectivity index (χ1n) is 7.35. The molecule has 0 bridgehead atoms. The summed E-state index contributed by atoms with van der Waals surface area (Å²) in [5.74, 6) is -0.320. The zero-order valence-electron chi connectivity index (χ0n) is 14.0. The van der Waals surface area contributed by atoms with Crippen molar-refractivity contribution in [3.8, 4) is 0 Å². The lowest BCUT2D eigenvalue weighted by Gasteiger charge is -2.24. The molecule has 3 N–H and O–H groups in total. The lowest BCUT2D eigenvalue weighted by Crippen LogP contribution is -2.42. The van der Waals surface area contributed by atoms with Gasteiger partial charge >= 0.3 is 0 Å². The molecule has 0 aliphatic rings. The van der Waals surface area contributed by atoms with Gasteiger partial charge in [-0.1, -0.05) is 18.5 Å². The summed E-state index contributed by atoms with van der Waals surface area (Å²) < 4.78 is 0. The van der Waals surface area contributed by atoms with E-state index in [-0.39, 0.29) is 29.8 Å². The number of carbonyl (C=O) groups excluding carboxylic acids is 2. The monoisotopic (exact) mass is 361 g/mol. The fourth-order valence-corrected chi connectivity index (χ4v) is 1.97. The number of nitrogens with one attached hydrogen (secondary N) is 3. The molecule has 0 aliphatic carbocycles. The van der Waals surface area contributed by atoms with Gasteiger partial charge in [0.25, 0.3) is 5.91 Å². The molecule has 7 heteroatoms. The first-order valence-corrected chi connectivity index (χ1v) is 7.73. The van der Waals surface area contributed by atoms with Crippen LogP contribution >= 0.6 is 24.0 Å². The van der Waals surface area contributed by atoms with Crippen molar-refractivity contribution in [2.45, 2.75) is 39.2 Å². The van der Waals surface area contributed by atoms with Crippen molar-refractivity contribution in [1.82, 2.24) is 10.6 Å². The fourth-order valence-electron chi connectivity index (χ4n) is 1.70. The lowest BCUT2D eigenvalue weighted by molar-refractivity contribution is -0.116. The Hall–Kier alpha value is -1.30. The molecule has 23 heavy (non-hydrogen) atoms. The number of amides is 2. The summed E-state index contributed by atoms with van der Waals surface area (Å²) in [6, 6.07) is 4.89. The molecule has 0 aliphatic heterocycles. The van der Waals surface area contributed by atoms with Crippen molar-refractivity contribution >= 4 is 41.5 Å². The summed E-state index contributed by atoms with van der Waals surface area (Å²) in [7, 11) is 1.79. The number of rotatable bonds is 7. The lowest BCUT2D eigenvalue weighted by atomic mass is 10.0. The summed E-state index contributed by atoms with van der Waals surface area (Å²) >= 11 is 6.16. The van der Waals surface area contributed by atoms with Crippen molar-refractivity contribution in [1.29, 1.82) is 0 Å². The molecule has 2 amide bonds. The first-order chi connectivity index (χ1) is 10.3. The third kappa shape index (κ3) is 7.20. The van der Waals surface area contributed by atoms with E-state index in [0.717, 1.165) is 6.42 Å². The van der Waals surface area contributed by atoms with Crippen molar-refractivity contribution in [2.24, 2.45) is 0 Å². The summed E-state index contributed by atoms with van der Waals surface area (Å²) in [4.78, 5) is 23.9. The van der Waals surface area contributed by atoms with Crippen LogP contribution in [0.5, 0.6) is 0 Å². The van der Waals surface area contributed by atoms with E-state index in [1.54, 1.807) is 25.2 Å². The maximum Gasteiger partial charge on any atom is 0.253 e. The van der Waals surface area contributed by atoms with Gasteiger partial charge in [-0.2, -0.15) is 0 Å². The van der Waals surface area contributed by atoms with Crippen molar-refractivity contribution in [3.05, 3.63) is 28.8 Å². The van der Waals surface area contributed by atoms with E-state index < -0.39 is 0 Å². The van der Waals surface area contributed by atoms with Gasteiger partial charge in [0.1, 0.15) is 0 Å². The van der Waals surface area contributed by atoms with Crippen molar-refractivity contribution in [3.63, 3.8) is 0 Å². The first kappa shape index (κ1) is 21.7. The van der Waals surface area contributed by atoms with Crippen LogP contribution in [0.2, 0.25) is 5.02 Å². The molecule has 0 unspecified atom stereocenters. The van der Waals surface area contributed by atoms with Crippen LogP contribution in [-0.2, 0) is 4.79 Å². The summed E-state index contributed by atoms with van der Waals surface area (Å²) in [6.45, 7) is 6.52. The number of hydrogen-bond donors (Lipinski definition) is 3. The Morgan fingerprint density at radius 1 is 1.26 bits per heavy atom. The van der Waals surface area contributed by atoms with Crippen LogP contribution in [0.15, 0.2) is 18.2 Å². The molecule has 0 fully saturated rings. The summed E-state index contributed by atoms with van der Waals surface area (Å²) in [5, 5.41) is 8.90. The Kier molecular flexibility index (Phi) is 9.20. The van der Waals surface area contributed by atoms with Crippen LogP contribution in [-0.4, -0.2) is 30.9 Å². The number of carbonyl (C=O) groups is 2. The van der Waals surface area contributed by atoms with Gasteiger partial charge in [0.15, 0.2) is 0 Å². The highest BCUT2D eigenvalue weighted by molar-refractivity contribution is 6.34. The van der Waals surface area contributed by atoms with E-state index in [4.69, 9.17) is 11.6 Å². The van der Waals surface area contributed by atoms with Crippen LogP contribution in [0.25, 0.3) is 0 Å². The minimum absolute atomic E-state index is 0. The topological polar surface area (TPSA) is 70.2 Å². The minimum Gasteiger partial charge on any atom is -0.347 e. The van der Waals surface area contributed by atoms with Gasteiger partial charge in [-0.15, -0.1) is 12.4 Å². The highest BCUT2D eigenvalue weighted by Crippen LogP contribution is 2.22. The largest absolute Gasteiger partial charge is 0.347 e. The molecule has 0 radical (unpaired) electrons. The Morgan fingerprint density at radius 2 is 1.91 bits per heavy atom. The van der Waals surface area contributed by atoms with Gasteiger partial charge in [0, 0.05) is 24.2 Å². The van der Waals surface area contributed by atoms with Crippen LogP contribution in [0.3, 0.4) is 0 Å². The molecule has 0 saturated carbocycles. The molecule has 0 atom stereocenters. The Labute approximate surface area is 149 Å². The SMILES string of the molecule is CCC(C)(C)NC(=O)c1ccc(NC(=O)CCNC)cc1Cl.Cl. The number of hydrogen-bond acceptors (Lipinski definition) is 3. The van der Waals surface area contributed by atoms with Crippen molar-refractivity contribution < 1.29 is 9.59 Å². The van der Waals surface area contributed by atoms with E-state index in [2.05, 4.69) is 16.0 Å². The Morgan fingerprint density at radius 3 is 2.43 bits per heavy atom. The average Bonchev–Trinajstić information content (AvgIpc) is 2.44. The molecular formula is C16H25Cl2N3O2. The number of benzene rings is 1. The van der Waals surface area contributed by atoms with Crippen LogP contribution in [0.1, 0.15) is 44.0 Å². The fraction of sp³-hybridized carbons (Fsp3) is 0.500. The van der Waals surface area contributed by atoms with Crippen LogP contribution in [0, 0.1) is 0 Å². The standard InChI is InChI=1S/C16H24ClN3O2.ClH/c1-5-16(2,3)20-15(22)12-7-6-11(10-13(12)17)19-14(21)8-9-18-4;/h6-7,10,18H,5,8-9H2,1-4H3,(H,19,21)(H,20,22);1H. The van der Waals surface area contributed by atoms with Gasteiger partial charge in [-0.25, -0.2) is 0 Å². The van der Waals surface area contributed by atoms with Crippen LogP contribution < -0.4 is 16.0 Å². The smallest absolute Gasteiger partial charge is 0.253 e. The summed E-state index contributed by atoms with van der Waals surface area (Å²) in [6.07, 6.45) is 1.19. The average molecular weight is 362 g/mol. The quantitative estimate of drug-likeness (QED) is 0.698. The maximum atomic E-state index is 12.2. The number of halogens is 2. The van der Waals surface area contributed by atoms with E-state index >= 15 is 0 Å². The van der Waals surface area contributed by atoms with E-state index in [9.17, 15) is 9.59 Å². The zero-order valence-corrected chi connectivity index (χ0v) is 15.5. The Bertz CT molecular complexity index is 548. The van der Waals surface area contributed by atoms with E-state index in [0.29, 0.717) is 29.2 Å². The molecule has 0 saturated heterocycles. The van der Waals surface area contributed by atoms with Gasteiger partial charge in [0.2, 0.25) is 5.91 Å². The van der Waals surface area contributed by atoms with E-state index in [1.807, 2.05) is 20.8 Å². The maximum absolute atomic E-state index is 12.2. The molecule has 5 nitrogen and oxygen atoms in total. The molecule has 0 heterocycles. The predicted octanol–water partition coefficient (Wildman–Crippen LogP) is 3.23. The molecule has 0 spiro atoms. The summed E-state index contributed by atoms with van der Waals surface area (Å²) in [5.41, 5.74) is 0.689. The number of anilines is 1. The normalized spacial score (nSPS) is 10.7. The highest BCUT2D eigenvalue weighted by atomic mass is 35.5. The van der Waals surface area contributed by atoms with Crippen molar-refractivity contribution in [2.75, 3.05) is 18.9 Å². The second-order valence-corrected chi connectivity index (χ2v) is 6.20. The molecular weight excluding hydrogens is 337 g/mol. The molecule has 1 rings (SSSR count). The molecule has 0 aromatic heterocycles. The van der Waals surface area contributed by atoms with Gasteiger partial charge < -0.3 is 16.0 Å². The highest BCUT2D eigenvalue weighted by Gasteiger charge is 2.20. The second-order valence-electron chi connectivity index (χ2n) is 5.79. The second kappa shape index (κ2) is 9.75. The van der Waals surface area contributed by atoms with E-state index in [1.165, 1.54) is 0 Å². The third-order valence-electron chi connectivity index (χ3n) is 3.44. The molecule has 130 valence electrons. The van der Waals surface area contributed by atoms with Gasteiger partial charge in [-0.05, 0) is 45.5 Å². The van der Waals surface area contributed by atoms with Gasteiger partial charge in [-0.3, -0.25) is 9.59 Å². The molecule has 1 aromatic carbocycles.